The molecule has 0 saturated carbocycles. The number of imidazole rings is 1. The zero-order valence-electron chi connectivity index (χ0n) is 11.7. The van der Waals surface area contributed by atoms with Crippen molar-refractivity contribution < 1.29 is 0 Å². The Bertz CT molecular complexity index is 698. The molecule has 3 aromatic rings. The van der Waals surface area contributed by atoms with Crippen LogP contribution in [0.4, 0.5) is 0 Å². The fourth-order valence-electron chi connectivity index (χ4n) is 2.17. The first-order valence-electron chi connectivity index (χ1n) is 6.75. The van der Waals surface area contributed by atoms with Crippen LogP contribution in [0.25, 0.3) is 11.0 Å². The lowest BCUT2D eigenvalue weighted by atomic mass is 10.3. The summed E-state index contributed by atoms with van der Waals surface area (Å²) in [5.74, 6) is 0. The number of rotatable bonds is 5. The van der Waals surface area contributed by atoms with Crippen LogP contribution in [0.2, 0.25) is 0 Å². The van der Waals surface area contributed by atoms with Gasteiger partial charge in [0, 0.05) is 12.6 Å². The first-order chi connectivity index (χ1) is 9.78. The van der Waals surface area contributed by atoms with Gasteiger partial charge in [0.2, 0.25) is 0 Å². The highest BCUT2D eigenvalue weighted by Gasteiger charge is 2.08. The number of aryl methyl sites for hydroxylation is 2. The average molecular weight is 270 g/mol. The number of para-hydroxylation sites is 2. The minimum absolute atomic E-state index is 0.220. The largest absolute Gasteiger partial charge is 0.329 e. The van der Waals surface area contributed by atoms with E-state index in [1.54, 1.807) is 0 Å². The van der Waals surface area contributed by atoms with Crippen LogP contribution in [0, 0.1) is 0 Å². The summed E-state index contributed by atoms with van der Waals surface area (Å²) in [5.41, 5.74) is 3.13. The van der Waals surface area contributed by atoms with Gasteiger partial charge in [-0.25, -0.2) is 4.98 Å². The van der Waals surface area contributed by atoms with Gasteiger partial charge in [-0.1, -0.05) is 17.3 Å². The summed E-state index contributed by atoms with van der Waals surface area (Å²) in [6, 6.07) is 8.36. The van der Waals surface area contributed by atoms with Crippen molar-refractivity contribution in [2.45, 2.75) is 26.1 Å². The first kappa shape index (κ1) is 12.8. The molecule has 0 aliphatic heterocycles. The number of benzene rings is 1. The summed E-state index contributed by atoms with van der Waals surface area (Å²) >= 11 is 0. The zero-order chi connectivity index (χ0) is 13.9. The van der Waals surface area contributed by atoms with Gasteiger partial charge in [-0.05, 0) is 26.1 Å². The maximum Gasteiger partial charge on any atom is 0.0993 e. The van der Waals surface area contributed by atoms with Gasteiger partial charge in [0.15, 0.2) is 0 Å². The molecule has 0 fully saturated rings. The highest BCUT2D eigenvalue weighted by Crippen LogP contribution is 2.12. The number of fused-ring (bicyclic) bond motifs is 1. The van der Waals surface area contributed by atoms with Crippen LogP contribution in [0.15, 0.2) is 36.8 Å². The molecule has 0 radical (unpaired) electrons. The molecule has 1 aromatic carbocycles. The van der Waals surface area contributed by atoms with Crippen LogP contribution < -0.4 is 5.32 Å². The lowest BCUT2D eigenvalue weighted by Crippen LogP contribution is -2.12. The molecule has 0 aliphatic rings. The lowest BCUT2D eigenvalue weighted by molar-refractivity contribution is 0.526. The summed E-state index contributed by atoms with van der Waals surface area (Å²) < 4.78 is 4.01. The monoisotopic (exact) mass is 270 g/mol. The number of nitrogens with one attached hydrogen (secondary N) is 1. The molecule has 0 bridgehead atoms. The van der Waals surface area contributed by atoms with Gasteiger partial charge in [-0.3, -0.25) is 4.68 Å². The van der Waals surface area contributed by atoms with E-state index in [2.05, 4.69) is 38.2 Å². The third-order valence-electron chi connectivity index (χ3n) is 3.53. The number of aromatic nitrogens is 5. The van der Waals surface area contributed by atoms with Crippen LogP contribution in [-0.2, 0) is 13.1 Å². The molecule has 0 aliphatic carbocycles. The molecule has 3 rings (SSSR count). The fraction of sp³-hybridized carbons (Fsp3) is 0.357. The molecule has 20 heavy (non-hydrogen) atoms. The van der Waals surface area contributed by atoms with Crippen LogP contribution in [0.5, 0.6) is 0 Å². The third kappa shape index (κ3) is 2.42. The van der Waals surface area contributed by atoms with Gasteiger partial charge >= 0.3 is 0 Å². The Labute approximate surface area is 117 Å². The van der Waals surface area contributed by atoms with E-state index in [0.717, 1.165) is 29.8 Å². The van der Waals surface area contributed by atoms with Crippen LogP contribution >= 0.6 is 0 Å². The van der Waals surface area contributed by atoms with Crippen LogP contribution in [0.1, 0.15) is 18.7 Å². The smallest absolute Gasteiger partial charge is 0.0993 e. The minimum atomic E-state index is 0.220. The minimum Gasteiger partial charge on any atom is -0.329 e. The van der Waals surface area contributed by atoms with E-state index in [4.69, 9.17) is 0 Å². The van der Waals surface area contributed by atoms with E-state index < -0.39 is 0 Å². The highest BCUT2D eigenvalue weighted by molar-refractivity contribution is 5.74. The summed E-state index contributed by atoms with van der Waals surface area (Å²) in [4.78, 5) is 4.39. The Kier molecular flexibility index (Phi) is 3.47. The van der Waals surface area contributed by atoms with Crippen LogP contribution in [0.3, 0.4) is 0 Å². The second-order valence-corrected chi connectivity index (χ2v) is 4.84. The quantitative estimate of drug-likeness (QED) is 0.765. The highest BCUT2D eigenvalue weighted by atomic mass is 15.4. The normalized spacial score (nSPS) is 12.9. The molecule has 104 valence electrons. The van der Waals surface area contributed by atoms with Crippen LogP contribution in [-0.4, -0.2) is 31.6 Å². The Morgan fingerprint density at radius 3 is 2.95 bits per heavy atom. The van der Waals surface area contributed by atoms with Gasteiger partial charge < -0.3 is 9.88 Å². The topological polar surface area (TPSA) is 60.6 Å². The third-order valence-corrected chi connectivity index (χ3v) is 3.53. The molecule has 6 nitrogen and oxygen atoms in total. The lowest BCUT2D eigenvalue weighted by Gasteiger charge is -2.05. The predicted molar refractivity (Wildman–Crippen MR) is 77.2 cm³/mol. The first-order valence-corrected chi connectivity index (χ1v) is 6.75. The SMILES string of the molecule is CNC(C)c1cn(CCn2cnc3ccccc32)nn1. The molecule has 0 spiro atoms. The molecular formula is C14H18N6. The standard InChI is InChI=1S/C14H18N6/c1-11(15-2)13-9-20(18-17-13)8-7-19-10-16-12-5-3-4-6-14(12)19/h3-6,9-11,15H,7-8H2,1-2H3. The number of hydrogen-bond acceptors (Lipinski definition) is 4. The molecule has 1 atom stereocenters. The van der Waals surface area contributed by atoms with Crippen molar-refractivity contribution in [3.8, 4) is 0 Å². The van der Waals surface area contributed by atoms with Crippen molar-refractivity contribution in [3.05, 3.63) is 42.5 Å². The molecule has 2 heterocycles. The second kappa shape index (κ2) is 5.42. The number of hydrogen-bond donors (Lipinski definition) is 1. The molecule has 6 heteroatoms. The fourth-order valence-corrected chi connectivity index (χ4v) is 2.17. The molecule has 0 amide bonds. The van der Waals surface area contributed by atoms with E-state index in [0.29, 0.717) is 0 Å². The maximum atomic E-state index is 4.39. The maximum absolute atomic E-state index is 4.39. The van der Waals surface area contributed by atoms with Gasteiger partial charge in [-0.15, -0.1) is 5.10 Å². The Balaban J connectivity index is 1.71. The Morgan fingerprint density at radius 1 is 1.25 bits per heavy atom. The van der Waals surface area contributed by atoms with Crippen molar-refractivity contribution in [1.82, 2.24) is 29.9 Å². The van der Waals surface area contributed by atoms with Gasteiger partial charge in [0.05, 0.1) is 35.8 Å². The van der Waals surface area contributed by atoms with Crippen molar-refractivity contribution in [2.24, 2.45) is 0 Å². The zero-order valence-corrected chi connectivity index (χ0v) is 11.7. The van der Waals surface area contributed by atoms with Crippen molar-refractivity contribution >= 4 is 11.0 Å². The van der Waals surface area contributed by atoms with E-state index in [1.165, 1.54) is 0 Å². The molecule has 2 aromatic heterocycles. The second-order valence-electron chi connectivity index (χ2n) is 4.84. The molecular weight excluding hydrogens is 252 g/mol. The van der Waals surface area contributed by atoms with Gasteiger partial charge in [0.25, 0.3) is 0 Å². The van der Waals surface area contributed by atoms with E-state index in [-0.39, 0.29) is 6.04 Å². The van der Waals surface area contributed by atoms with E-state index in [9.17, 15) is 0 Å². The van der Waals surface area contributed by atoms with Crippen molar-refractivity contribution in [3.63, 3.8) is 0 Å². The van der Waals surface area contributed by atoms with E-state index >= 15 is 0 Å². The summed E-state index contributed by atoms with van der Waals surface area (Å²) in [7, 11) is 1.92. The Hall–Kier alpha value is -2.21. The molecule has 1 N–H and O–H groups in total. The molecule has 0 saturated heterocycles. The number of nitrogens with zero attached hydrogens (tertiary/aromatic N) is 5. The van der Waals surface area contributed by atoms with Gasteiger partial charge in [-0.2, -0.15) is 0 Å². The average Bonchev–Trinajstić information content (AvgIpc) is 3.11. The Morgan fingerprint density at radius 2 is 2.10 bits per heavy atom. The van der Waals surface area contributed by atoms with Crippen molar-refractivity contribution in [2.75, 3.05) is 7.05 Å². The summed E-state index contributed by atoms with van der Waals surface area (Å²) in [5, 5.41) is 11.5. The molecule has 1 unspecified atom stereocenters. The summed E-state index contributed by atoms with van der Waals surface area (Å²) in [6.07, 6.45) is 3.86. The predicted octanol–water partition coefficient (Wildman–Crippen LogP) is 1.61. The van der Waals surface area contributed by atoms with Gasteiger partial charge in [0.1, 0.15) is 0 Å². The van der Waals surface area contributed by atoms with Crippen molar-refractivity contribution in [1.29, 1.82) is 0 Å². The van der Waals surface area contributed by atoms with E-state index in [1.807, 2.05) is 42.5 Å². The summed E-state index contributed by atoms with van der Waals surface area (Å²) in [6.45, 7) is 3.68.